The van der Waals surface area contributed by atoms with E-state index in [0.29, 0.717) is 0 Å². The molecule has 0 unspecified atom stereocenters. The van der Waals surface area contributed by atoms with Crippen LogP contribution in [0.3, 0.4) is 0 Å². The molecule has 0 saturated heterocycles. The summed E-state index contributed by atoms with van der Waals surface area (Å²) in [4.78, 5) is 11.8. The van der Waals surface area contributed by atoms with Crippen LogP contribution in [0, 0.1) is 3.57 Å². The zero-order valence-corrected chi connectivity index (χ0v) is 10.4. The molecule has 1 aromatic carbocycles. The lowest BCUT2D eigenvalue weighted by Crippen LogP contribution is -2.50. The van der Waals surface area contributed by atoms with E-state index in [0.717, 1.165) is 22.0 Å². The van der Waals surface area contributed by atoms with Crippen molar-refractivity contribution in [3.63, 3.8) is 0 Å². The maximum absolute atomic E-state index is 11.8. The van der Waals surface area contributed by atoms with Crippen molar-refractivity contribution in [3.05, 3.63) is 33.4 Å². The Hall–Kier alpha value is -0.620. The van der Waals surface area contributed by atoms with Crippen molar-refractivity contribution < 1.29 is 4.79 Å². The highest BCUT2D eigenvalue weighted by molar-refractivity contribution is 14.1. The lowest BCUT2D eigenvalue weighted by molar-refractivity contribution is 0.0910. The number of carbonyl (C=O) groups is 1. The maximum atomic E-state index is 11.8. The van der Waals surface area contributed by atoms with Crippen LogP contribution in [-0.4, -0.2) is 18.0 Å². The van der Waals surface area contributed by atoms with Crippen LogP contribution >= 0.6 is 22.6 Å². The van der Waals surface area contributed by atoms with Gasteiger partial charge in [0.1, 0.15) is 0 Å². The van der Waals surface area contributed by atoms with E-state index < -0.39 is 0 Å². The second kappa shape index (κ2) is 4.49. The fraction of sp³-hybridized carbons (Fsp3) is 0.364. The third-order valence-corrected chi connectivity index (χ3v) is 3.27. The normalized spacial score (nSPS) is 24.4. The fourth-order valence-electron chi connectivity index (χ4n) is 1.68. The van der Waals surface area contributed by atoms with Gasteiger partial charge in [0, 0.05) is 21.2 Å². The number of carbonyl (C=O) groups excluding carboxylic acids is 1. The van der Waals surface area contributed by atoms with Gasteiger partial charge in [0.15, 0.2) is 0 Å². The molecule has 15 heavy (non-hydrogen) atoms. The Kier molecular flexibility index (Phi) is 3.25. The monoisotopic (exact) mass is 316 g/mol. The summed E-state index contributed by atoms with van der Waals surface area (Å²) < 4.78 is 1.07. The van der Waals surface area contributed by atoms with E-state index in [1.165, 1.54) is 0 Å². The highest BCUT2D eigenvalue weighted by Gasteiger charge is 2.27. The molecular weight excluding hydrogens is 303 g/mol. The second-order valence-corrected chi connectivity index (χ2v) is 5.16. The maximum Gasteiger partial charge on any atom is 0.251 e. The Balaban J connectivity index is 1.96. The molecule has 2 rings (SSSR count). The van der Waals surface area contributed by atoms with Crippen molar-refractivity contribution in [2.45, 2.75) is 24.9 Å². The van der Waals surface area contributed by atoms with Gasteiger partial charge in [-0.25, -0.2) is 0 Å². The van der Waals surface area contributed by atoms with Gasteiger partial charge in [-0.2, -0.15) is 0 Å². The SMILES string of the molecule is NC1CC(NC(=O)c2cccc(I)c2)C1. The van der Waals surface area contributed by atoms with Gasteiger partial charge >= 0.3 is 0 Å². The third-order valence-electron chi connectivity index (χ3n) is 2.60. The zero-order chi connectivity index (χ0) is 10.8. The van der Waals surface area contributed by atoms with Crippen molar-refractivity contribution in [1.82, 2.24) is 5.32 Å². The minimum absolute atomic E-state index is 0.00501. The summed E-state index contributed by atoms with van der Waals surface area (Å²) in [6.45, 7) is 0. The molecule has 3 N–H and O–H groups in total. The predicted molar refractivity (Wildman–Crippen MR) is 67.6 cm³/mol. The highest BCUT2D eigenvalue weighted by Crippen LogP contribution is 2.18. The summed E-state index contributed by atoms with van der Waals surface area (Å²) >= 11 is 2.20. The van der Waals surface area contributed by atoms with Gasteiger partial charge in [-0.15, -0.1) is 0 Å². The largest absolute Gasteiger partial charge is 0.349 e. The van der Waals surface area contributed by atoms with Gasteiger partial charge in [0.25, 0.3) is 5.91 Å². The Labute approximate surface area is 103 Å². The standard InChI is InChI=1S/C11H13IN2O/c12-8-3-1-2-7(4-8)11(15)14-10-5-9(13)6-10/h1-4,9-10H,5-6,13H2,(H,14,15). The van der Waals surface area contributed by atoms with Crippen LogP contribution < -0.4 is 11.1 Å². The Morgan fingerprint density at radius 1 is 1.47 bits per heavy atom. The van der Waals surface area contributed by atoms with Crippen LogP contribution in [0.5, 0.6) is 0 Å². The first-order valence-electron chi connectivity index (χ1n) is 4.97. The molecule has 0 aromatic heterocycles. The van der Waals surface area contributed by atoms with Crippen LogP contribution in [0.25, 0.3) is 0 Å². The van der Waals surface area contributed by atoms with Gasteiger partial charge in [0.2, 0.25) is 0 Å². The van der Waals surface area contributed by atoms with Gasteiger partial charge in [0.05, 0.1) is 0 Å². The Morgan fingerprint density at radius 2 is 2.20 bits per heavy atom. The van der Waals surface area contributed by atoms with E-state index in [1.54, 1.807) is 0 Å². The van der Waals surface area contributed by atoms with E-state index in [9.17, 15) is 4.79 Å². The molecule has 80 valence electrons. The topological polar surface area (TPSA) is 55.1 Å². The van der Waals surface area contributed by atoms with Crippen molar-refractivity contribution in [3.8, 4) is 0 Å². The van der Waals surface area contributed by atoms with Gasteiger partial charge in [-0.3, -0.25) is 4.79 Å². The van der Waals surface area contributed by atoms with Crippen molar-refractivity contribution in [2.75, 3.05) is 0 Å². The van der Waals surface area contributed by atoms with E-state index in [4.69, 9.17) is 5.73 Å². The van der Waals surface area contributed by atoms with Crippen LogP contribution in [0.15, 0.2) is 24.3 Å². The summed E-state index contributed by atoms with van der Waals surface area (Å²) in [6, 6.07) is 8.11. The Bertz CT molecular complexity index is 375. The number of rotatable bonds is 2. The minimum Gasteiger partial charge on any atom is -0.349 e. The first-order chi connectivity index (χ1) is 7.15. The van der Waals surface area contributed by atoms with Crippen molar-refractivity contribution >= 4 is 28.5 Å². The average Bonchev–Trinajstić information content (AvgIpc) is 2.15. The number of halogens is 1. The van der Waals surface area contributed by atoms with Crippen molar-refractivity contribution in [1.29, 1.82) is 0 Å². The van der Waals surface area contributed by atoms with E-state index in [1.807, 2.05) is 24.3 Å². The molecule has 0 spiro atoms. The molecule has 0 heterocycles. The minimum atomic E-state index is 0.00501. The van der Waals surface area contributed by atoms with Gasteiger partial charge in [-0.05, 0) is 53.6 Å². The smallest absolute Gasteiger partial charge is 0.251 e. The summed E-state index contributed by atoms with van der Waals surface area (Å²) in [5.41, 5.74) is 6.38. The summed E-state index contributed by atoms with van der Waals surface area (Å²) in [5.74, 6) is 0.00501. The molecule has 1 fully saturated rings. The van der Waals surface area contributed by atoms with Crippen LogP contribution in [0.2, 0.25) is 0 Å². The number of benzene rings is 1. The molecule has 0 aliphatic heterocycles. The zero-order valence-electron chi connectivity index (χ0n) is 8.24. The molecule has 3 nitrogen and oxygen atoms in total. The summed E-state index contributed by atoms with van der Waals surface area (Å²) in [7, 11) is 0. The molecule has 4 heteroatoms. The first-order valence-corrected chi connectivity index (χ1v) is 6.05. The average molecular weight is 316 g/mol. The fourth-order valence-corrected chi connectivity index (χ4v) is 2.22. The summed E-state index contributed by atoms with van der Waals surface area (Å²) in [6.07, 6.45) is 1.80. The van der Waals surface area contributed by atoms with Crippen LogP contribution in [-0.2, 0) is 0 Å². The number of hydrogen-bond donors (Lipinski definition) is 2. The van der Waals surface area contributed by atoms with Gasteiger partial charge in [-0.1, -0.05) is 6.07 Å². The summed E-state index contributed by atoms with van der Waals surface area (Å²) in [5, 5.41) is 2.97. The molecule has 1 saturated carbocycles. The first kappa shape index (κ1) is 10.9. The molecule has 0 atom stereocenters. The molecule has 1 aliphatic rings. The molecule has 1 aliphatic carbocycles. The quantitative estimate of drug-likeness (QED) is 0.813. The molecule has 1 aromatic rings. The predicted octanol–water partition coefficient (Wildman–Crippen LogP) is 1.51. The Morgan fingerprint density at radius 3 is 2.80 bits per heavy atom. The molecular formula is C11H13IN2O. The van der Waals surface area contributed by atoms with Crippen LogP contribution in [0.1, 0.15) is 23.2 Å². The van der Waals surface area contributed by atoms with Crippen LogP contribution in [0.4, 0.5) is 0 Å². The molecule has 0 radical (unpaired) electrons. The highest BCUT2D eigenvalue weighted by atomic mass is 127. The lowest BCUT2D eigenvalue weighted by Gasteiger charge is -2.32. The van der Waals surface area contributed by atoms with Gasteiger partial charge < -0.3 is 11.1 Å². The van der Waals surface area contributed by atoms with Crippen molar-refractivity contribution in [2.24, 2.45) is 5.73 Å². The van der Waals surface area contributed by atoms with E-state index in [2.05, 4.69) is 27.9 Å². The lowest BCUT2D eigenvalue weighted by atomic mass is 9.87. The number of hydrogen-bond acceptors (Lipinski definition) is 2. The molecule has 1 amide bonds. The number of amides is 1. The van der Waals surface area contributed by atoms with E-state index >= 15 is 0 Å². The third kappa shape index (κ3) is 2.69. The molecule has 0 bridgehead atoms. The number of nitrogens with one attached hydrogen (secondary N) is 1. The van der Waals surface area contributed by atoms with E-state index in [-0.39, 0.29) is 18.0 Å². The number of nitrogens with two attached hydrogens (primary N) is 1. The second-order valence-electron chi connectivity index (χ2n) is 3.91.